The van der Waals surface area contributed by atoms with E-state index in [2.05, 4.69) is 21.9 Å². The highest BCUT2D eigenvalue weighted by Gasteiger charge is 2.04. The predicted octanol–water partition coefficient (Wildman–Crippen LogP) is 1.11. The summed E-state index contributed by atoms with van der Waals surface area (Å²) in [5.41, 5.74) is 0.463. The van der Waals surface area contributed by atoms with Gasteiger partial charge in [-0.25, -0.2) is 9.97 Å². The number of carbonyl (C=O) groups excluding carboxylic acids is 1. The standard InChI is InChI=1S/C9H11N3OS/c1-3-4-10-8(13)7-5-11-9(14-2)12-6-7/h3,5-6H,1,4H2,2H3,(H,10,13). The first kappa shape index (κ1) is 10.7. The lowest BCUT2D eigenvalue weighted by molar-refractivity contribution is 0.0957. The minimum absolute atomic E-state index is 0.183. The third kappa shape index (κ3) is 2.85. The highest BCUT2D eigenvalue weighted by atomic mass is 32.2. The summed E-state index contributed by atoms with van der Waals surface area (Å²) in [5, 5.41) is 3.30. The van der Waals surface area contributed by atoms with E-state index in [0.29, 0.717) is 17.3 Å². The van der Waals surface area contributed by atoms with Crippen LogP contribution in [0.3, 0.4) is 0 Å². The van der Waals surface area contributed by atoms with Crippen LogP contribution in [0.15, 0.2) is 30.2 Å². The first-order valence-electron chi connectivity index (χ1n) is 4.03. The monoisotopic (exact) mass is 209 g/mol. The van der Waals surface area contributed by atoms with Gasteiger partial charge in [-0.3, -0.25) is 4.79 Å². The molecule has 0 aliphatic heterocycles. The van der Waals surface area contributed by atoms with Crippen LogP contribution in [0.5, 0.6) is 0 Å². The number of aromatic nitrogens is 2. The molecule has 1 aromatic heterocycles. The van der Waals surface area contributed by atoms with E-state index in [9.17, 15) is 4.79 Å². The molecular weight excluding hydrogens is 198 g/mol. The number of carbonyl (C=O) groups is 1. The maximum Gasteiger partial charge on any atom is 0.254 e. The molecule has 0 unspecified atom stereocenters. The molecule has 1 aromatic rings. The molecule has 0 aliphatic rings. The largest absolute Gasteiger partial charge is 0.348 e. The molecule has 0 bridgehead atoms. The molecule has 0 fully saturated rings. The molecule has 0 aliphatic carbocycles. The number of nitrogens with zero attached hydrogens (tertiary/aromatic N) is 2. The molecule has 0 aromatic carbocycles. The molecule has 1 heterocycles. The fourth-order valence-electron chi connectivity index (χ4n) is 0.806. The van der Waals surface area contributed by atoms with Gasteiger partial charge >= 0.3 is 0 Å². The number of rotatable bonds is 4. The van der Waals surface area contributed by atoms with Gasteiger partial charge in [0.2, 0.25) is 0 Å². The topological polar surface area (TPSA) is 54.9 Å². The second-order valence-corrected chi connectivity index (χ2v) is 3.23. The molecule has 0 saturated carbocycles. The van der Waals surface area contributed by atoms with E-state index in [0.717, 1.165) is 0 Å². The van der Waals surface area contributed by atoms with Gasteiger partial charge in [0.1, 0.15) is 0 Å². The van der Waals surface area contributed by atoms with Crippen LogP contribution < -0.4 is 5.32 Å². The highest BCUT2D eigenvalue weighted by Crippen LogP contribution is 2.06. The Morgan fingerprint density at radius 2 is 2.29 bits per heavy atom. The van der Waals surface area contributed by atoms with Gasteiger partial charge in [-0.2, -0.15) is 0 Å². The third-order valence-corrected chi connectivity index (χ3v) is 2.06. The van der Waals surface area contributed by atoms with Crippen molar-refractivity contribution < 1.29 is 4.79 Å². The molecule has 14 heavy (non-hydrogen) atoms. The Morgan fingerprint density at radius 1 is 1.64 bits per heavy atom. The van der Waals surface area contributed by atoms with Crippen LogP contribution in [0.1, 0.15) is 10.4 Å². The van der Waals surface area contributed by atoms with Crippen molar-refractivity contribution in [2.75, 3.05) is 12.8 Å². The maximum atomic E-state index is 11.4. The average molecular weight is 209 g/mol. The normalized spacial score (nSPS) is 9.50. The van der Waals surface area contributed by atoms with Crippen molar-refractivity contribution in [3.63, 3.8) is 0 Å². The zero-order valence-electron chi connectivity index (χ0n) is 7.86. The molecule has 0 atom stereocenters. The van der Waals surface area contributed by atoms with Crippen molar-refractivity contribution in [1.29, 1.82) is 0 Å². The van der Waals surface area contributed by atoms with Crippen molar-refractivity contribution in [1.82, 2.24) is 15.3 Å². The Labute approximate surface area is 86.8 Å². The van der Waals surface area contributed by atoms with Crippen LogP contribution in [0.25, 0.3) is 0 Å². The first-order chi connectivity index (χ1) is 6.77. The minimum Gasteiger partial charge on any atom is -0.348 e. The van der Waals surface area contributed by atoms with E-state index in [1.807, 2.05) is 6.26 Å². The Bertz CT molecular complexity index is 323. The van der Waals surface area contributed by atoms with Crippen LogP contribution in [0.2, 0.25) is 0 Å². The summed E-state index contributed by atoms with van der Waals surface area (Å²) in [6.07, 6.45) is 6.52. The van der Waals surface area contributed by atoms with E-state index in [1.165, 1.54) is 24.2 Å². The van der Waals surface area contributed by atoms with Crippen molar-refractivity contribution in [2.24, 2.45) is 0 Å². The van der Waals surface area contributed by atoms with Gasteiger partial charge in [0.05, 0.1) is 5.56 Å². The lowest BCUT2D eigenvalue weighted by atomic mass is 10.3. The van der Waals surface area contributed by atoms with Gasteiger partial charge in [-0.15, -0.1) is 6.58 Å². The van der Waals surface area contributed by atoms with E-state index in [1.54, 1.807) is 6.08 Å². The van der Waals surface area contributed by atoms with Gasteiger partial charge < -0.3 is 5.32 Å². The molecule has 5 heteroatoms. The second kappa shape index (κ2) is 5.39. The SMILES string of the molecule is C=CCNC(=O)c1cnc(SC)nc1. The number of nitrogens with one attached hydrogen (secondary N) is 1. The van der Waals surface area contributed by atoms with Crippen LogP contribution in [-0.2, 0) is 0 Å². The van der Waals surface area contributed by atoms with E-state index < -0.39 is 0 Å². The van der Waals surface area contributed by atoms with Gasteiger partial charge in [-0.05, 0) is 6.26 Å². The van der Waals surface area contributed by atoms with Crippen LogP contribution in [-0.4, -0.2) is 28.7 Å². The number of thioether (sulfide) groups is 1. The van der Waals surface area contributed by atoms with E-state index in [-0.39, 0.29) is 5.91 Å². The first-order valence-corrected chi connectivity index (χ1v) is 5.25. The summed E-state index contributed by atoms with van der Waals surface area (Å²) in [6.45, 7) is 3.95. The summed E-state index contributed by atoms with van der Waals surface area (Å²) in [5.74, 6) is -0.183. The number of hydrogen-bond donors (Lipinski definition) is 1. The van der Waals surface area contributed by atoms with Crippen LogP contribution in [0.4, 0.5) is 0 Å². The second-order valence-electron chi connectivity index (χ2n) is 2.46. The molecule has 1 N–H and O–H groups in total. The zero-order chi connectivity index (χ0) is 10.4. The van der Waals surface area contributed by atoms with Gasteiger partial charge in [0.25, 0.3) is 5.91 Å². The molecule has 1 amide bonds. The Hall–Kier alpha value is -1.36. The van der Waals surface area contributed by atoms with Gasteiger partial charge in [-0.1, -0.05) is 17.8 Å². The maximum absolute atomic E-state index is 11.4. The predicted molar refractivity (Wildman–Crippen MR) is 56.3 cm³/mol. The molecule has 1 rings (SSSR count). The fraction of sp³-hybridized carbons (Fsp3) is 0.222. The van der Waals surface area contributed by atoms with Crippen molar-refractivity contribution >= 4 is 17.7 Å². The van der Waals surface area contributed by atoms with Crippen molar-refractivity contribution in [3.05, 3.63) is 30.6 Å². The molecule has 4 nitrogen and oxygen atoms in total. The molecule has 0 spiro atoms. The summed E-state index contributed by atoms with van der Waals surface area (Å²) in [4.78, 5) is 19.3. The summed E-state index contributed by atoms with van der Waals surface area (Å²) in [6, 6.07) is 0. The Balaban J connectivity index is 2.66. The fourth-order valence-corrected chi connectivity index (χ4v) is 1.12. The number of amides is 1. The Morgan fingerprint density at radius 3 is 2.79 bits per heavy atom. The van der Waals surface area contributed by atoms with Gasteiger partial charge in [0.15, 0.2) is 5.16 Å². The number of hydrogen-bond acceptors (Lipinski definition) is 4. The molecular formula is C9H11N3OS. The summed E-state index contributed by atoms with van der Waals surface area (Å²) in [7, 11) is 0. The highest BCUT2D eigenvalue weighted by molar-refractivity contribution is 7.98. The quantitative estimate of drug-likeness (QED) is 0.458. The van der Waals surface area contributed by atoms with Gasteiger partial charge in [0, 0.05) is 18.9 Å². The smallest absolute Gasteiger partial charge is 0.254 e. The van der Waals surface area contributed by atoms with E-state index >= 15 is 0 Å². The molecule has 74 valence electrons. The molecule has 0 saturated heterocycles. The Kier molecular flexibility index (Phi) is 4.12. The average Bonchev–Trinajstić information content (AvgIpc) is 2.26. The third-order valence-electron chi connectivity index (χ3n) is 1.48. The van der Waals surface area contributed by atoms with Crippen LogP contribution >= 0.6 is 11.8 Å². The summed E-state index contributed by atoms with van der Waals surface area (Å²) >= 11 is 1.44. The lowest BCUT2D eigenvalue weighted by Gasteiger charge is -2.01. The van der Waals surface area contributed by atoms with E-state index in [4.69, 9.17) is 0 Å². The lowest BCUT2D eigenvalue weighted by Crippen LogP contribution is -2.23. The zero-order valence-corrected chi connectivity index (χ0v) is 8.67. The van der Waals surface area contributed by atoms with Crippen molar-refractivity contribution in [3.8, 4) is 0 Å². The minimum atomic E-state index is -0.183. The van der Waals surface area contributed by atoms with Crippen LogP contribution in [0, 0.1) is 0 Å². The summed E-state index contributed by atoms with van der Waals surface area (Å²) < 4.78 is 0. The molecule has 0 radical (unpaired) electrons. The van der Waals surface area contributed by atoms with Crippen molar-refractivity contribution in [2.45, 2.75) is 5.16 Å².